The van der Waals surface area contributed by atoms with E-state index in [9.17, 15) is 9.59 Å². The molecule has 0 bridgehead atoms. The number of nitrogens with one attached hydrogen (secondary N) is 1. The van der Waals surface area contributed by atoms with Gasteiger partial charge in [0.05, 0.1) is 0 Å². The second kappa shape index (κ2) is 7.08. The van der Waals surface area contributed by atoms with Gasteiger partial charge in [-0.3, -0.25) is 4.79 Å². The molecule has 1 aliphatic rings. The summed E-state index contributed by atoms with van der Waals surface area (Å²) in [6, 6.07) is 14.2. The zero-order valence-electron chi connectivity index (χ0n) is 14.7. The van der Waals surface area contributed by atoms with Crippen LogP contribution in [0.2, 0.25) is 5.02 Å². The summed E-state index contributed by atoms with van der Waals surface area (Å²) < 4.78 is 11.1. The molecule has 4 rings (SSSR count). The molecule has 0 saturated heterocycles. The van der Waals surface area contributed by atoms with Crippen LogP contribution in [-0.4, -0.2) is 18.1 Å². The quantitative estimate of drug-likeness (QED) is 0.672. The van der Waals surface area contributed by atoms with Crippen molar-refractivity contribution in [3.05, 3.63) is 64.0 Å². The molecule has 6 heteroatoms. The van der Waals surface area contributed by atoms with Crippen molar-refractivity contribution < 1.29 is 13.9 Å². The number of carbonyl (C=O) groups is 1. The minimum Gasteiger partial charge on any atom is -0.481 e. The first-order chi connectivity index (χ1) is 13.0. The summed E-state index contributed by atoms with van der Waals surface area (Å²) in [5, 5.41) is 4.20. The number of carbonyl (C=O) groups excluding carboxylic acids is 1. The van der Waals surface area contributed by atoms with Crippen LogP contribution in [0.4, 0.5) is 0 Å². The molecule has 5 nitrogen and oxygen atoms in total. The lowest BCUT2D eigenvalue weighted by Gasteiger charge is -2.15. The molecule has 2 aromatic carbocycles. The molecule has 1 atom stereocenters. The summed E-state index contributed by atoms with van der Waals surface area (Å²) in [7, 11) is 0. The lowest BCUT2D eigenvalue weighted by Crippen LogP contribution is -2.37. The van der Waals surface area contributed by atoms with Gasteiger partial charge < -0.3 is 14.5 Å². The monoisotopic (exact) mass is 383 g/mol. The van der Waals surface area contributed by atoms with Gasteiger partial charge in [-0.1, -0.05) is 29.8 Å². The fourth-order valence-electron chi connectivity index (χ4n) is 2.92. The van der Waals surface area contributed by atoms with Gasteiger partial charge in [-0.2, -0.15) is 0 Å². The maximum atomic E-state index is 12.1. The van der Waals surface area contributed by atoms with Gasteiger partial charge in [-0.25, -0.2) is 4.79 Å². The average molecular weight is 384 g/mol. The first-order valence-corrected chi connectivity index (χ1v) is 9.19. The first kappa shape index (κ1) is 17.6. The summed E-state index contributed by atoms with van der Waals surface area (Å²) in [6.45, 7) is 1.69. The van der Waals surface area contributed by atoms with Crippen LogP contribution >= 0.6 is 11.6 Å². The molecule has 3 aromatic rings. The number of hydrogen-bond acceptors (Lipinski definition) is 4. The largest absolute Gasteiger partial charge is 0.481 e. The topological polar surface area (TPSA) is 68.5 Å². The van der Waals surface area contributed by atoms with E-state index >= 15 is 0 Å². The van der Waals surface area contributed by atoms with Crippen molar-refractivity contribution in [1.82, 2.24) is 5.32 Å². The Labute approximate surface area is 160 Å². The molecule has 0 radical (unpaired) electrons. The Balaban J connectivity index is 1.67. The van der Waals surface area contributed by atoms with E-state index in [0.29, 0.717) is 21.9 Å². The number of benzene rings is 2. The van der Waals surface area contributed by atoms with Crippen LogP contribution in [0.3, 0.4) is 0 Å². The van der Waals surface area contributed by atoms with Crippen LogP contribution in [0, 0.1) is 0 Å². The van der Waals surface area contributed by atoms with E-state index in [1.165, 1.54) is 6.07 Å². The molecule has 1 aromatic heterocycles. The van der Waals surface area contributed by atoms with Gasteiger partial charge in [0.15, 0.2) is 6.10 Å². The SMILES string of the molecule is CC(Oc1ccc2c(-c3ccccc3Cl)cc(=O)oc2c1)C(=O)NC1CC1. The van der Waals surface area contributed by atoms with Crippen molar-refractivity contribution in [2.24, 2.45) is 0 Å². The van der Waals surface area contributed by atoms with Gasteiger partial charge in [-0.05, 0) is 38.0 Å². The molecule has 1 fully saturated rings. The number of rotatable bonds is 5. The minimum absolute atomic E-state index is 0.149. The van der Waals surface area contributed by atoms with Gasteiger partial charge in [0, 0.05) is 39.7 Å². The molecule has 1 aliphatic carbocycles. The van der Waals surface area contributed by atoms with E-state index < -0.39 is 11.7 Å². The predicted octanol–water partition coefficient (Wildman–Crippen LogP) is 4.16. The van der Waals surface area contributed by atoms with Crippen molar-refractivity contribution in [3.8, 4) is 16.9 Å². The van der Waals surface area contributed by atoms with Crippen LogP contribution in [0.25, 0.3) is 22.1 Å². The Hall–Kier alpha value is -2.79. The molecule has 1 heterocycles. The zero-order valence-corrected chi connectivity index (χ0v) is 15.5. The first-order valence-electron chi connectivity index (χ1n) is 8.81. The van der Waals surface area contributed by atoms with Crippen molar-refractivity contribution in [2.45, 2.75) is 31.9 Å². The maximum Gasteiger partial charge on any atom is 0.336 e. The van der Waals surface area contributed by atoms with Crippen LogP contribution in [0.5, 0.6) is 5.75 Å². The third-order valence-corrected chi connectivity index (χ3v) is 4.82. The highest BCUT2D eigenvalue weighted by atomic mass is 35.5. The minimum atomic E-state index is -0.637. The second-order valence-electron chi connectivity index (χ2n) is 6.66. The smallest absolute Gasteiger partial charge is 0.336 e. The van der Waals surface area contributed by atoms with Gasteiger partial charge in [0.25, 0.3) is 5.91 Å². The summed E-state index contributed by atoms with van der Waals surface area (Å²) in [5.41, 5.74) is 1.35. The third kappa shape index (κ3) is 3.83. The van der Waals surface area contributed by atoms with E-state index in [1.54, 1.807) is 31.2 Å². The number of hydrogen-bond donors (Lipinski definition) is 1. The van der Waals surface area contributed by atoms with Gasteiger partial charge in [-0.15, -0.1) is 0 Å². The van der Waals surface area contributed by atoms with Crippen molar-refractivity contribution in [2.75, 3.05) is 0 Å². The second-order valence-corrected chi connectivity index (χ2v) is 7.07. The molecule has 0 spiro atoms. The predicted molar refractivity (Wildman–Crippen MR) is 104 cm³/mol. The molecular formula is C21H18ClNO4. The summed E-state index contributed by atoms with van der Waals surface area (Å²) >= 11 is 6.29. The van der Waals surface area contributed by atoms with Gasteiger partial charge in [0.1, 0.15) is 11.3 Å². The van der Waals surface area contributed by atoms with Crippen molar-refractivity contribution >= 4 is 28.5 Å². The molecule has 1 saturated carbocycles. The molecule has 1 unspecified atom stereocenters. The van der Waals surface area contributed by atoms with Crippen molar-refractivity contribution in [1.29, 1.82) is 0 Å². The standard InChI is InChI=1S/C21H18ClNO4/c1-12(21(25)23-13-6-7-13)26-14-8-9-16-17(11-20(24)27-19(16)10-14)15-4-2-3-5-18(15)22/h2-5,8-13H,6-7H2,1H3,(H,23,25). The Morgan fingerprint density at radius 3 is 2.70 bits per heavy atom. The summed E-state index contributed by atoms with van der Waals surface area (Å²) in [5.74, 6) is 0.310. The number of fused-ring (bicyclic) bond motifs is 1. The van der Waals surface area contributed by atoms with Crippen LogP contribution in [0.15, 0.2) is 57.7 Å². The summed E-state index contributed by atoms with van der Waals surface area (Å²) in [6.07, 6.45) is 1.40. The van der Waals surface area contributed by atoms with E-state index in [2.05, 4.69) is 5.32 Å². The normalized spacial score (nSPS) is 14.7. The molecule has 138 valence electrons. The van der Waals surface area contributed by atoms with E-state index in [0.717, 1.165) is 23.8 Å². The fraction of sp³-hybridized carbons (Fsp3) is 0.238. The molecule has 1 N–H and O–H groups in total. The average Bonchev–Trinajstić information content (AvgIpc) is 3.45. The molecule has 27 heavy (non-hydrogen) atoms. The highest BCUT2D eigenvalue weighted by Crippen LogP contribution is 2.33. The van der Waals surface area contributed by atoms with Gasteiger partial charge >= 0.3 is 5.63 Å². The molecule has 0 aliphatic heterocycles. The Morgan fingerprint density at radius 2 is 1.96 bits per heavy atom. The van der Waals surface area contributed by atoms with E-state index in [4.69, 9.17) is 20.8 Å². The van der Waals surface area contributed by atoms with E-state index in [-0.39, 0.29) is 11.9 Å². The Kier molecular flexibility index (Phi) is 4.62. The number of amides is 1. The fourth-order valence-corrected chi connectivity index (χ4v) is 3.16. The third-order valence-electron chi connectivity index (χ3n) is 4.49. The van der Waals surface area contributed by atoms with Gasteiger partial charge in [0.2, 0.25) is 0 Å². The number of ether oxygens (including phenoxy) is 1. The Morgan fingerprint density at radius 1 is 1.19 bits per heavy atom. The zero-order chi connectivity index (χ0) is 19.0. The molecular weight excluding hydrogens is 366 g/mol. The molecule has 1 amide bonds. The van der Waals surface area contributed by atoms with Crippen LogP contribution < -0.4 is 15.7 Å². The maximum absolute atomic E-state index is 12.1. The number of halogens is 1. The lowest BCUT2D eigenvalue weighted by atomic mass is 10.0. The van der Waals surface area contributed by atoms with Crippen LogP contribution in [0.1, 0.15) is 19.8 Å². The summed E-state index contributed by atoms with van der Waals surface area (Å²) in [4.78, 5) is 24.1. The Bertz CT molecular complexity index is 1070. The lowest BCUT2D eigenvalue weighted by molar-refractivity contribution is -0.127. The highest BCUT2D eigenvalue weighted by molar-refractivity contribution is 6.33. The van der Waals surface area contributed by atoms with Crippen molar-refractivity contribution in [3.63, 3.8) is 0 Å². The highest BCUT2D eigenvalue weighted by Gasteiger charge is 2.26. The van der Waals surface area contributed by atoms with Crippen LogP contribution in [-0.2, 0) is 4.79 Å². The van der Waals surface area contributed by atoms with E-state index in [1.807, 2.05) is 18.2 Å².